The molecule has 2 unspecified atom stereocenters. The molecule has 3 fully saturated rings. The Morgan fingerprint density at radius 1 is 0.880 bits per heavy atom. The Labute approximate surface area is 485 Å². The Kier molecular flexibility index (Phi) is 21.7. The lowest BCUT2D eigenvalue weighted by Crippen LogP contribution is -2.61. The molecular weight excluding hydrogens is 1070 g/mol. The fraction of sp³-hybridized carbons (Fsp3) is 0.672. The largest absolute Gasteiger partial charge is 0.460 e. The number of methoxy groups -OCH3 is 3. The van der Waals surface area contributed by atoms with Crippen LogP contribution in [0.4, 0.5) is 0 Å². The van der Waals surface area contributed by atoms with E-state index in [9.17, 15) is 48.9 Å². The highest BCUT2D eigenvalue weighted by Gasteiger charge is 2.54. The van der Waals surface area contributed by atoms with Crippen LogP contribution in [0, 0.1) is 35.5 Å². The summed E-state index contributed by atoms with van der Waals surface area (Å²) in [4.78, 5) is 107. The molecule has 6 aliphatic rings. The maximum absolute atomic E-state index is 14.9. The maximum atomic E-state index is 14.9. The molecule has 2 amide bonds. The summed E-state index contributed by atoms with van der Waals surface area (Å²) in [6.45, 7) is 11.8. The van der Waals surface area contributed by atoms with Gasteiger partial charge in [0.05, 0.1) is 41.9 Å². The number of carbonyl (C=O) groups excluding carboxylic acids is 5. The smallest absolute Gasteiger partial charge is 0.352 e. The second kappa shape index (κ2) is 27.9. The summed E-state index contributed by atoms with van der Waals surface area (Å²) >= 11 is 0. The normalized spacial score (nSPS) is 36.6. The molecule has 1 aromatic heterocycles. The highest BCUT2D eigenvalue weighted by atomic mass is 16.6. The van der Waals surface area contributed by atoms with Crippen molar-refractivity contribution < 1.29 is 67.8 Å². The van der Waals surface area contributed by atoms with E-state index in [-0.39, 0.29) is 55.6 Å². The average Bonchev–Trinajstić information content (AvgIpc) is 1.99. The van der Waals surface area contributed by atoms with Crippen molar-refractivity contribution in [1.29, 1.82) is 0 Å². The Hall–Kier alpha value is -5.88. The number of aliphatic hydroxyl groups is 3. The Balaban J connectivity index is 1.30. The van der Waals surface area contributed by atoms with Crippen molar-refractivity contribution in [2.45, 2.75) is 192 Å². The van der Waals surface area contributed by atoms with Gasteiger partial charge in [-0.3, -0.25) is 19.2 Å². The molecular formula is C61H88N6O16. The van der Waals surface area contributed by atoms with Crippen LogP contribution in [0.25, 0.3) is 5.69 Å². The molecule has 8 rings (SSSR count). The summed E-state index contributed by atoms with van der Waals surface area (Å²) in [5, 5.41) is 39.4. The number of esters is 1. The van der Waals surface area contributed by atoms with Crippen molar-refractivity contribution in [3.05, 3.63) is 87.3 Å². The molecule has 1 aliphatic carbocycles. The molecule has 22 nitrogen and oxygen atoms in total. The number of primary amides is 1. The summed E-state index contributed by atoms with van der Waals surface area (Å²) < 4.78 is 34.2. The van der Waals surface area contributed by atoms with Crippen LogP contribution >= 0.6 is 0 Å². The highest BCUT2D eigenvalue weighted by molar-refractivity contribution is 6.39. The number of rotatable bonds is 10. The number of hydrogen-bond donors (Lipinski definition) is 4. The quantitative estimate of drug-likeness (QED) is 0.109. The Morgan fingerprint density at radius 2 is 1.60 bits per heavy atom. The number of fused-ring (bicyclic) bond motifs is 15. The second-order valence-corrected chi connectivity index (χ2v) is 24.1. The van der Waals surface area contributed by atoms with Crippen LogP contribution in [-0.2, 0) is 58.0 Å². The van der Waals surface area contributed by atoms with Gasteiger partial charge in [0.1, 0.15) is 35.7 Å². The van der Waals surface area contributed by atoms with Gasteiger partial charge in [-0.25, -0.2) is 28.3 Å². The first-order valence-electron chi connectivity index (χ1n) is 29.4. The number of para-hydroxylation sites is 1. The van der Waals surface area contributed by atoms with Crippen LogP contribution in [-0.4, -0.2) is 158 Å². The lowest BCUT2D eigenvalue weighted by molar-refractivity contribution is -0.267. The number of nitrogens with zero attached hydrogens (tertiary/aromatic N) is 5. The zero-order valence-corrected chi connectivity index (χ0v) is 49.8. The number of benzene rings is 1. The SMILES string of the molecule is CO[C@H]1C[C@@H]2CC[C@@H](C)[C@@](O)(O2)C(=O)C(=O)N2CCCC[C@H]2C(=O)O[C@H]([C@H](C)C[C@@H]2CC[C@@H](O)[C@H](OC)C2)CC(=O)[C@H](C)/C=C(\C)[C@@H](O)[C@@H](OC)/C(=N\OCC(N)=O)[C@H](C)C[C@H](C)/C=C/C2C=CC1(C)n1c(=O)n(-c3ccccc3)c(=O)n12. The molecule has 5 aliphatic heterocycles. The van der Waals surface area contributed by atoms with E-state index < -0.39 is 131 Å². The van der Waals surface area contributed by atoms with Crippen molar-refractivity contribution in [3.63, 3.8) is 0 Å². The lowest BCUT2D eigenvalue weighted by Gasteiger charge is -2.45. The van der Waals surface area contributed by atoms with Gasteiger partial charge >= 0.3 is 17.3 Å². The maximum Gasteiger partial charge on any atom is 0.352 e. The summed E-state index contributed by atoms with van der Waals surface area (Å²) in [5.74, 6) is -9.74. The zero-order chi connectivity index (χ0) is 60.7. The Bertz CT molecular complexity index is 2880. The number of ketones is 2. The van der Waals surface area contributed by atoms with Gasteiger partial charge < -0.3 is 54.5 Å². The first kappa shape index (κ1) is 64.7. The number of aromatic nitrogens is 3. The van der Waals surface area contributed by atoms with Gasteiger partial charge in [-0.15, -0.1) is 0 Å². The summed E-state index contributed by atoms with van der Waals surface area (Å²) in [6.07, 6.45) is 6.50. The van der Waals surface area contributed by atoms with E-state index in [1.165, 1.54) is 23.6 Å². The van der Waals surface area contributed by atoms with Crippen LogP contribution < -0.4 is 17.1 Å². The molecule has 0 radical (unpaired) electrons. The standard InChI is InChI=1S/C61H88N6O16/c1-35-19-22-43-25-26-60(7,67-59(76)65(58(75)66(43)67)42-16-12-11-13-17-42)50(79-9)32-44-23-20-40(6)61(77,83-44)55(72)56(73)64-27-15-14-18-45(64)57(74)82-48(37(3)30-41-21-24-46(68)49(31-41)78-8)33-47(69)36(2)29-39(5)53(71)54(80-10)52(38(4)28-35)63-81-34-51(62)70/h11-13,16-17,19,22,25-26,29,35-38,40-41,43-46,48-50,53-54,68,71,77H,14-15,18,20-21,23-24,27-28,30-34H2,1-10H3,(H2,62,70)/b22-19+,39-29+,63-52-/t35-,36-,37-,38-,40-,41+,43?,44+,45+,46-,48+,49-,50+,53-,54+,60?,61-/m1/s1. The second-order valence-electron chi connectivity index (χ2n) is 24.1. The van der Waals surface area contributed by atoms with Crippen LogP contribution in [0.2, 0.25) is 0 Å². The van der Waals surface area contributed by atoms with E-state index in [4.69, 9.17) is 34.3 Å². The number of Topliss-reactive ketones (excluding diaryl/α,β-unsaturated/α-hetero) is 2. The summed E-state index contributed by atoms with van der Waals surface area (Å²) in [5.41, 5.74) is 3.65. The number of carbonyl (C=O) groups is 5. The lowest BCUT2D eigenvalue weighted by atomic mass is 9.78. The van der Waals surface area contributed by atoms with Crippen molar-refractivity contribution in [1.82, 2.24) is 18.8 Å². The number of amides is 2. The van der Waals surface area contributed by atoms with Crippen LogP contribution in [0.1, 0.15) is 132 Å². The summed E-state index contributed by atoms with van der Waals surface area (Å²) in [6, 6.07) is 6.45. The van der Waals surface area contributed by atoms with E-state index in [1.807, 2.05) is 26.8 Å². The van der Waals surface area contributed by atoms with Crippen molar-refractivity contribution in [2.24, 2.45) is 46.4 Å². The number of aliphatic hydroxyl groups excluding tert-OH is 2. The van der Waals surface area contributed by atoms with Gasteiger partial charge in [-0.05, 0) is 114 Å². The third kappa shape index (κ3) is 14.3. The number of allylic oxidation sites excluding steroid dienone is 4. The van der Waals surface area contributed by atoms with Crippen molar-refractivity contribution in [3.8, 4) is 5.69 Å². The van der Waals surface area contributed by atoms with Crippen molar-refractivity contribution >= 4 is 35.1 Å². The van der Waals surface area contributed by atoms with Gasteiger partial charge in [0.15, 0.2) is 6.61 Å². The van der Waals surface area contributed by atoms with Crippen molar-refractivity contribution in [2.75, 3.05) is 34.5 Å². The predicted molar refractivity (Wildman–Crippen MR) is 306 cm³/mol. The molecule has 5 N–H and O–H groups in total. The van der Waals surface area contributed by atoms with Crippen LogP contribution in [0.3, 0.4) is 0 Å². The fourth-order valence-electron chi connectivity index (χ4n) is 13.0. The molecule has 4 bridgehead atoms. The topological polar surface area (TPSA) is 292 Å². The van der Waals surface area contributed by atoms with E-state index in [0.29, 0.717) is 62.6 Å². The van der Waals surface area contributed by atoms with Gasteiger partial charge in [0, 0.05) is 58.5 Å². The van der Waals surface area contributed by atoms with Gasteiger partial charge in [-0.1, -0.05) is 88.4 Å². The number of oxime groups is 1. The first-order valence-corrected chi connectivity index (χ1v) is 29.4. The van der Waals surface area contributed by atoms with Crippen LogP contribution in [0.15, 0.2) is 81.0 Å². The zero-order valence-electron chi connectivity index (χ0n) is 49.8. The number of piperidine rings is 1. The number of nitrogens with two attached hydrogens (primary N) is 1. The summed E-state index contributed by atoms with van der Waals surface area (Å²) in [7, 11) is 4.39. The molecule has 6 heterocycles. The van der Waals surface area contributed by atoms with Crippen LogP contribution in [0.5, 0.6) is 0 Å². The molecule has 22 heteroatoms. The molecule has 0 spiro atoms. The third-order valence-corrected chi connectivity index (χ3v) is 18.0. The van der Waals surface area contributed by atoms with E-state index in [1.54, 1.807) is 89.4 Å². The van der Waals surface area contributed by atoms with Gasteiger partial charge in [-0.2, -0.15) is 0 Å². The molecule has 1 aromatic carbocycles. The number of hydrogen-bond acceptors (Lipinski definition) is 17. The molecule has 17 atom stereocenters. The molecule has 2 aromatic rings. The molecule has 2 saturated heterocycles. The fourth-order valence-corrected chi connectivity index (χ4v) is 13.0. The third-order valence-electron chi connectivity index (χ3n) is 18.0. The van der Waals surface area contributed by atoms with E-state index in [2.05, 4.69) is 5.16 Å². The highest BCUT2D eigenvalue weighted by Crippen LogP contribution is 2.40. The van der Waals surface area contributed by atoms with E-state index in [0.717, 1.165) is 9.47 Å². The predicted octanol–water partition coefficient (Wildman–Crippen LogP) is 4.61. The molecule has 1 saturated carbocycles. The minimum atomic E-state index is -2.63. The number of ether oxygens (including phenoxy) is 5. The Morgan fingerprint density at radius 3 is 2.28 bits per heavy atom. The van der Waals surface area contributed by atoms with Gasteiger partial charge in [0.2, 0.25) is 5.79 Å². The average molecular weight is 1160 g/mol. The first-order chi connectivity index (χ1) is 39.4. The minimum absolute atomic E-state index is 0.000821. The monoisotopic (exact) mass is 1160 g/mol. The minimum Gasteiger partial charge on any atom is -0.460 e. The van der Waals surface area contributed by atoms with E-state index >= 15 is 0 Å². The molecule has 83 heavy (non-hydrogen) atoms. The molecule has 458 valence electrons. The van der Waals surface area contributed by atoms with Gasteiger partial charge in [0.25, 0.3) is 17.6 Å².